The van der Waals surface area contributed by atoms with E-state index in [-0.39, 0.29) is 12.3 Å². The highest BCUT2D eigenvalue weighted by Crippen LogP contribution is 2.39. The van der Waals surface area contributed by atoms with Crippen LogP contribution >= 0.6 is 0 Å². The largest absolute Gasteiger partial charge is 0.481 e. The summed E-state index contributed by atoms with van der Waals surface area (Å²) in [5.41, 5.74) is -0.799. The van der Waals surface area contributed by atoms with Gasteiger partial charge in [-0.05, 0) is 19.3 Å². The highest BCUT2D eigenvalue weighted by molar-refractivity contribution is 5.85. The highest BCUT2D eigenvalue weighted by atomic mass is 16.4. The molecule has 0 atom stereocenters. The molecular weight excluding hydrogens is 230 g/mol. The van der Waals surface area contributed by atoms with E-state index in [1.807, 2.05) is 0 Å². The summed E-state index contributed by atoms with van der Waals surface area (Å²) in [7, 11) is 0. The zero-order chi connectivity index (χ0) is 13.4. The Kier molecular flexibility index (Phi) is 6.16. The molecule has 1 rings (SSSR count). The van der Waals surface area contributed by atoms with Gasteiger partial charge in [0.05, 0.1) is 5.41 Å². The summed E-state index contributed by atoms with van der Waals surface area (Å²) in [5, 5.41) is 12.2. The van der Waals surface area contributed by atoms with Gasteiger partial charge in [0, 0.05) is 13.0 Å². The molecule has 1 aliphatic rings. The number of carbonyl (C=O) groups is 2. The van der Waals surface area contributed by atoms with Crippen molar-refractivity contribution < 1.29 is 14.7 Å². The second-order valence-corrected chi connectivity index (χ2v) is 5.38. The van der Waals surface area contributed by atoms with Gasteiger partial charge in [0.15, 0.2) is 0 Å². The van der Waals surface area contributed by atoms with Crippen LogP contribution in [-0.4, -0.2) is 23.5 Å². The number of aliphatic carboxylic acids is 1. The summed E-state index contributed by atoms with van der Waals surface area (Å²) < 4.78 is 0. The molecule has 0 heterocycles. The number of rotatable bonds is 7. The fourth-order valence-electron chi connectivity index (χ4n) is 2.67. The van der Waals surface area contributed by atoms with Gasteiger partial charge in [-0.15, -0.1) is 0 Å². The molecule has 0 aromatic rings. The Bertz CT molecular complexity index is 283. The summed E-state index contributed by atoms with van der Waals surface area (Å²) >= 11 is 0. The van der Waals surface area contributed by atoms with Crippen molar-refractivity contribution in [1.82, 2.24) is 5.32 Å². The monoisotopic (exact) mass is 255 g/mol. The predicted octanol–water partition coefficient (Wildman–Crippen LogP) is 2.72. The zero-order valence-electron chi connectivity index (χ0n) is 11.3. The molecule has 0 unspecified atom stereocenters. The van der Waals surface area contributed by atoms with Gasteiger partial charge in [-0.25, -0.2) is 0 Å². The second-order valence-electron chi connectivity index (χ2n) is 5.38. The first-order chi connectivity index (χ1) is 8.60. The maximum atomic E-state index is 11.8. The Balaban J connectivity index is 2.41. The first-order valence-corrected chi connectivity index (χ1v) is 7.11. The lowest BCUT2D eigenvalue weighted by molar-refractivity contribution is -0.154. The van der Waals surface area contributed by atoms with E-state index in [0.29, 0.717) is 19.4 Å². The molecule has 1 amide bonds. The quantitative estimate of drug-likeness (QED) is 0.687. The molecule has 4 nitrogen and oxygen atoms in total. The van der Waals surface area contributed by atoms with E-state index in [1.165, 1.54) is 0 Å². The molecule has 0 radical (unpaired) electrons. The van der Waals surface area contributed by atoms with Crippen molar-refractivity contribution in [2.45, 2.75) is 64.7 Å². The Morgan fingerprint density at radius 2 is 1.83 bits per heavy atom. The first-order valence-electron chi connectivity index (χ1n) is 7.11. The number of carbonyl (C=O) groups excluding carboxylic acids is 1. The van der Waals surface area contributed by atoms with Crippen molar-refractivity contribution in [2.24, 2.45) is 5.41 Å². The molecule has 0 aromatic heterocycles. The lowest BCUT2D eigenvalue weighted by Gasteiger charge is -2.32. The van der Waals surface area contributed by atoms with E-state index in [0.717, 1.165) is 38.5 Å². The summed E-state index contributed by atoms with van der Waals surface area (Å²) in [6.45, 7) is 2.78. The maximum absolute atomic E-state index is 11.8. The Hall–Kier alpha value is -1.06. The van der Waals surface area contributed by atoms with Gasteiger partial charge in [0.2, 0.25) is 5.91 Å². The molecule has 0 aromatic carbocycles. The van der Waals surface area contributed by atoms with Gasteiger partial charge in [-0.3, -0.25) is 9.59 Å². The molecule has 4 heteroatoms. The van der Waals surface area contributed by atoms with Crippen LogP contribution in [-0.2, 0) is 9.59 Å². The second kappa shape index (κ2) is 7.39. The van der Waals surface area contributed by atoms with Crippen molar-refractivity contribution in [3.63, 3.8) is 0 Å². The van der Waals surface area contributed by atoms with Crippen LogP contribution in [0.1, 0.15) is 64.7 Å². The van der Waals surface area contributed by atoms with Crippen LogP contribution < -0.4 is 5.32 Å². The van der Waals surface area contributed by atoms with Gasteiger partial charge in [-0.2, -0.15) is 0 Å². The molecule has 1 saturated carbocycles. The van der Waals surface area contributed by atoms with Crippen molar-refractivity contribution in [3.05, 3.63) is 0 Å². The molecule has 1 aliphatic carbocycles. The van der Waals surface area contributed by atoms with Gasteiger partial charge >= 0.3 is 5.97 Å². The fourth-order valence-corrected chi connectivity index (χ4v) is 2.67. The third kappa shape index (κ3) is 4.31. The van der Waals surface area contributed by atoms with Crippen LogP contribution in [0.4, 0.5) is 0 Å². The van der Waals surface area contributed by atoms with Crippen LogP contribution in [0.5, 0.6) is 0 Å². The molecule has 0 saturated heterocycles. The Labute approximate surface area is 109 Å². The molecule has 2 N–H and O–H groups in total. The third-order valence-electron chi connectivity index (χ3n) is 3.87. The number of carboxylic acid groups (broad SMARTS) is 1. The normalized spacial score (nSPS) is 18.3. The molecular formula is C14H25NO3. The first kappa shape index (κ1) is 15.0. The van der Waals surface area contributed by atoms with E-state index >= 15 is 0 Å². The summed E-state index contributed by atoms with van der Waals surface area (Å²) in [6.07, 6.45) is 7.57. The third-order valence-corrected chi connectivity index (χ3v) is 3.87. The Morgan fingerprint density at radius 1 is 1.17 bits per heavy atom. The molecule has 0 bridgehead atoms. The maximum Gasteiger partial charge on any atom is 0.310 e. The Morgan fingerprint density at radius 3 is 2.39 bits per heavy atom. The van der Waals surface area contributed by atoms with Gasteiger partial charge in [-0.1, -0.05) is 39.0 Å². The van der Waals surface area contributed by atoms with Crippen LogP contribution in [0, 0.1) is 5.41 Å². The van der Waals surface area contributed by atoms with E-state index in [9.17, 15) is 14.7 Å². The van der Waals surface area contributed by atoms with Crippen LogP contribution in [0.25, 0.3) is 0 Å². The SMILES string of the molecule is CCCCCNC(=O)CC1(C(=O)O)CCCCC1. The van der Waals surface area contributed by atoms with E-state index in [1.54, 1.807) is 0 Å². The number of nitrogens with one attached hydrogen (secondary N) is 1. The smallest absolute Gasteiger partial charge is 0.310 e. The average molecular weight is 255 g/mol. The molecule has 0 aliphatic heterocycles. The predicted molar refractivity (Wildman–Crippen MR) is 70.3 cm³/mol. The topological polar surface area (TPSA) is 66.4 Å². The molecule has 104 valence electrons. The highest BCUT2D eigenvalue weighted by Gasteiger charge is 2.41. The number of hydrogen-bond donors (Lipinski definition) is 2. The average Bonchev–Trinajstić information content (AvgIpc) is 2.35. The lowest BCUT2D eigenvalue weighted by Crippen LogP contribution is -2.39. The number of unbranched alkanes of at least 4 members (excludes halogenated alkanes) is 2. The minimum Gasteiger partial charge on any atom is -0.481 e. The van der Waals surface area contributed by atoms with E-state index < -0.39 is 11.4 Å². The number of carboxylic acids is 1. The molecule has 1 fully saturated rings. The van der Waals surface area contributed by atoms with Crippen molar-refractivity contribution >= 4 is 11.9 Å². The van der Waals surface area contributed by atoms with Gasteiger partial charge < -0.3 is 10.4 Å². The lowest BCUT2D eigenvalue weighted by atomic mass is 9.71. The standard InChI is InChI=1S/C14H25NO3/c1-2-3-7-10-15-12(16)11-14(13(17)18)8-5-4-6-9-14/h2-11H2,1H3,(H,15,16)(H,17,18). The summed E-state index contributed by atoms with van der Waals surface area (Å²) in [6, 6.07) is 0. The van der Waals surface area contributed by atoms with E-state index in [4.69, 9.17) is 0 Å². The molecule has 0 spiro atoms. The minimum absolute atomic E-state index is 0.101. The van der Waals surface area contributed by atoms with Gasteiger partial charge in [0.1, 0.15) is 0 Å². The van der Waals surface area contributed by atoms with Crippen molar-refractivity contribution in [3.8, 4) is 0 Å². The summed E-state index contributed by atoms with van der Waals surface area (Å²) in [5.74, 6) is -0.902. The van der Waals surface area contributed by atoms with E-state index in [2.05, 4.69) is 12.2 Å². The molecule has 18 heavy (non-hydrogen) atoms. The zero-order valence-corrected chi connectivity index (χ0v) is 11.3. The summed E-state index contributed by atoms with van der Waals surface area (Å²) in [4.78, 5) is 23.2. The van der Waals surface area contributed by atoms with Crippen LogP contribution in [0.2, 0.25) is 0 Å². The number of hydrogen-bond acceptors (Lipinski definition) is 2. The minimum atomic E-state index is -0.800. The van der Waals surface area contributed by atoms with Gasteiger partial charge in [0.25, 0.3) is 0 Å². The fraction of sp³-hybridized carbons (Fsp3) is 0.857. The van der Waals surface area contributed by atoms with Crippen molar-refractivity contribution in [2.75, 3.05) is 6.54 Å². The van der Waals surface area contributed by atoms with Crippen LogP contribution in [0.3, 0.4) is 0 Å². The number of amides is 1. The van der Waals surface area contributed by atoms with Crippen molar-refractivity contribution in [1.29, 1.82) is 0 Å². The van der Waals surface area contributed by atoms with Crippen LogP contribution in [0.15, 0.2) is 0 Å².